The van der Waals surface area contributed by atoms with Gasteiger partial charge >= 0.3 is 0 Å². The molecule has 0 spiro atoms. The lowest BCUT2D eigenvalue weighted by Gasteiger charge is -2.65. The molecule has 3 fully saturated rings. The van der Waals surface area contributed by atoms with Gasteiger partial charge in [0.2, 0.25) is 5.91 Å². The highest BCUT2D eigenvalue weighted by Gasteiger charge is 2.72. The van der Waals surface area contributed by atoms with Crippen molar-refractivity contribution >= 4 is 22.5 Å². The first-order valence-corrected chi connectivity index (χ1v) is 9.97. The number of aryl methyl sites for hydroxylation is 1. The van der Waals surface area contributed by atoms with Crippen LogP contribution in [0, 0.1) is 29.1 Å². The van der Waals surface area contributed by atoms with E-state index in [-0.39, 0.29) is 16.7 Å². The second kappa shape index (κ2) is 6.47. The Morgan fingerprint density at radius 1 is 1.14 bits per heavy atom. The van der Waals surface area contributed by atoms with Gasteiger partial charge in [-0.05, 0) is 49.4 Å². The highest BCUT2D eigenvalue weighted by molar-refractivity contribution is 6.05. The Bertz CT molecular complexity index is 1120. The summed E-state index contributed by atoms with van der Waals surface area (Å²) in [6.07, 6.45) is 3.93. The fourth-order valence-electron chi connectivity index (χ4n) is 4.73. The summed E-state index contributed by atoms with van der Waals surface area (Å²) in [6, 6.07) is 16.8. The van der Waals surface area contributed by atoms with E-state index in [0.29, 0.717) is 32.5 Å². The van der Waals surface area contributed by atoms with Gasteiger partial charge in [0.25, 0.3) is 0 Å². The molecule has 2 aromatic carbocycles. The molecule has 2 N–H and O–H groups in total. The number of nitriles is 1. The number of anilines is 1. The number of rotatable bonds is 6. The van der Waals surface area contributed by atoms with Crippen molar-refractivity contribution < 1.29 is 9.53 Å². The van der Waals surface area contributed by atoms with E-state index in [9.17, 15) is 4.79 Å². The van der Waals surface area contributed by atoms with Gasteiger partial charge in [0.15, 0.2) is 0 Å². The minimum absolute atomic E-state index is 0.0385. The SMILES string of the molecule is Cc1ccc(COCc2ccc3[nH]cc(NC(=O)C45CC(C#N)(C4)C5)c3c2)cc1. The molecule has 0 unspecified atom stereocenters. The number of hydrogen-bond acceptors (Lipinski definition) is 3. The third kappa shape index (κ3) is 3.01. The van der Waals surface area contributed by atoms with E-state index in [0.717, 1.165) is 27.7 Å². The minimum atomic E-state index is -0.325. The smallest absolute Gasteiger partial charge is 0.230 e. The van der Waals surface area contributed by atoms with E-state index in [1.54, 1.807) is 0 Å². The summed E-state index contributed by atoms with van der Waals surface area (Å²) >= 11 is 0. The number of aromatic nitrogens is 1. The van der Waals surface area contributed by atoms with E-state index in [1.807, 2.05) is 18.3 Å². The third-order valence-corrected chi connectivity index (χ3v) is 6.40. The monoisotopic (exact) mass is 385 g/mol. The average Bonchev–Trinajstić information content (AvgIpc) is 3.04. The molecular formula is C24H23N3O2. The van der Waals surface area contributed by atoms with Gasteiger partial charge in [-0.15, -0.1) is 0 Å². The van der Waals surface area contributed by atoms with Gasteiger partial charge in [-0.1, -0.05) is 35.9 Å². The summed E-state index contributed by atoms with van der Waals surface area (Å²) in [5.41, 5.74) is 4.68. The first-order chi connectivity index (χ1) is 14.0. The summed E-state index contributed by atoms with van der Waals surface area (Å²) in [7, 11) is 0. The van der Waals surface area contributed by atoms with Crippen molar-refractivity contribution in [2.45, 2.75) is 39.4 Å². The van der Waals surface area contributed by atoms with Crippen LogP contribution >= 0.6 is 0 Å². The summed E-state index contributed by atoms with van der Waals surface area (Å²) < 4.78 is 5.87. The van der Waals surface area contributed by atoms with Crippen LogP contribution in [-0.2, 0) is 22.7 Å². The van der Waals surface area contributed by atoms with Crippen LogP contribution in [-0.4, -0.2) is 10.9 Å². The lowest BCUT2D eigenvalue weighted by molar-refractivity contribution is -0.179. The lowest BCUT2D eigenvalue weighted by atomic mass is 9.35. The van der Waals surface area contributed by atoms with Gasteiger partial charge in [-0.25, -0.2) is 0 Å². The summed E-state index contributed by atoms with van der Waals surface area (Å²) in [6.45, 7) is 3.15. The van der Waals surface area contributed by atoms with Crippen molar-refractivity contribution in [3.8, 4) is 6.07 Å². The van der Waals surface area contributed by atoms with Gasteiger partial charge in [0, 0.05) is 17.1 Å². The molecule has 1 amide bonds. The number of carbonyl (C=O) groups excluding carboxylic acids is 1. The normalized spacial score (nSPS) is 24.4. The lowest BCUT2D eigenvalue weighted by Crippen LogP contribution is -2.65. The van der Waals surface area contributed by atoms with Crippen LogP contribution in [0.15, 0.2) is 48.7 Å². The first-order valence-electron chi connectivity index (χ1n) is 9.97. The molecule has 0 atom stereocenters. The molecule has 3 aromatic rings. The molecule has 3 aliphatic carbocycles. The predicted octanol–water partition coefficient (Wildman–Crippen LogP) is 4.83. The number of hydrogen-bond donors (Lipinski definition) is 2. The maximum absolute atomic E-state index is 12.7. The number of H-pyrrole nitrogens is 1. The number of fused-ring (bicyclic) bond motifs is 1. The second-order valence-electron chi connectivity index (χ2n) is 8.72. The van der Waals surface area contributed by atoms with Crippen LogP contribution in [0.3, 0.4) is 0 Å². The van der Waals surface area contributed by atoms with Gasteiger partial charge < -0.3 is 15.0 Å². The van der Waals surface area contributed by atoms with Crippen molar-refractivity contribution in [2.75, 3.05) is 5.32 Å². The van der Waals surface area contributed by atoms with E-state index in [2.05, 4.69) is 53.6 Å². The molecule has 29 heavy (non-hydrogen) atoms. The van der Waals surface area contributed by atoms with Crippen LogP contribution in [0.2, 0.25) is 0 Å². The molecule has 0 aliphatic heterocycles. The molecule has 3 aliphatic rings. The van der Waals surface area contributed by atoms with Crippen molar-refractivity contribution in [1.82, 2.24) is 4.98 Å². The molecule has 6 rings (SSSR count). The molecule has 0 saturated heterocycles. The van der Waals surface area contributed by atoms with Gasteiger partial charge in [0.05, 0.1) is 35.8 Å². The Balaban J connectivity index is 1.25. The number of nitrogens with zero attached hydrogens (tertiary/aromatic N) is 1. The molecule has 5 heteroatoms. The zero-order chi connectivity index (χ0) is 20.1. The zero-order valence-electron chi connectivity index (χ0n) is 16.4. The van der Waals surface area contributed by atoms with Crippen molar-refractivity contribution in [1.29, 1.82) is 5.26 Å². The molecular weight excluding hydrogens is 362 g/mol. The fourth-order valence-corrected chi connectivity index (χ4v) is 4.73. The van der Waals surface area contributed by atoms with E-state index in [1.165, 1.54) is 5.56 Å². The average molecular weight is 385 g/mol. The Labute approximate surface area is 169 Å². The Hall–Kier alpha value is -3.10. The van der Waals surface area contributed by atoms with Crippen molar-refractivity contribution in [2.24, 2.45) is 10.8 Å². The van der Waals surface area contributed by atoms with Crippen LogP contribution < -0.4 is 5.32 Å². The Morgan fingerprint density at radius 2 is 1.83 bits per heavy atom. The van der Waals surface area contributed by atoms with Crippen LogP contribution in [0.25, 0.3) is 10.9 Å². The Morgan fingerprint density at radius 3 is 2.55 bits per heavy atom. The van der Waals surface area contributed by atoms with Gasteiger partial charge in [-0.2, -0.15) is 5.26 Å². The number of benzene rings is 2. The van der Waals surface area contributed by atoms with Crippen molar-refractivity contribution in [3.63, 3.8) is 0 Å². The molecule has 5 nitrogen and oxygen atoms in total. The fraction of sp³-hybridized carbons (Fsp3) is 0.333. The van der Waals surface area contributed by atoms with Crippen molar-refractivity contribution in [3.05, 3.63) is 65.4 Å². The van der Waals surface area contributed by atoms with E-state index in [4.69, 9.17) is 10.00 Å². The largest absolute Gasteiger partial charge is 0.372 e. The molecule has 2 bridgehead atoms. The summed E-state index contributed by atoms with van der Waals surface area (Å²) in [5.74, 6) is 0.0385. The zero-order valence-corrected chi connectivity index (χ0v) is 16.4. The Kier molecular flexibility index (Phi) is 4.01. The van der Waals surface area contributed by atoms with E-state index >= 15 is 0 Å². The number of aromatic amines is 1. The number of carbonyl (C=O) groups is 1. The van der Waals surface area contributed by atoms with Crippen LogP contribution in [0.5, 0.6) is 0 Å². The van der Waals surface area contributed by atoms with E-state index < -0.39 is 0 Å². The summed E-state index contributed by atoms with van der Waals surface area (Å²) in [5, 5.41) is 13.2. The molecule has 3 saturated carbocycles. The van der Waals surface area contributed by atoms with Gasteiger partial charge in [-0.3, -0.25) is 4.79 Å². The standard InChI is InChI=1S/C24H23N3O2/c1-16-2-4-17(5-3-16)10-29-11-18-6-7-20-19(8-18)21(9-26-20)27-22(28)24-12-23(13-24,14-24)15-25/h2-9,26H,10-14H2,1H3,(H,27,28). The number of amides is 1. The maximum Gasteiger partial charge on any atom is 0.230 e. The molecule has 1 aromatic heterocycles. The molecule has 146 valence electrons. The third-order valence-electron chi connectivity index (χ3n) is 6.40. The molecule has 0 radical (unpaired) electrons. The number of ether oxygens (including phenoxy) is 1. The summed E-state index contributed by atoms with van der Waals surface area (Å²) in [4.78, 5) is 16.0. The topological polar surface area (TPSA) is 77.9 Å². The van der Waals surface area contributed by atoms with Crippen LogP contribution in [0.1, 0.15) is 36.0 Å². The maximum atomic E-state index is 12.7. The molecule has 1 heterocycles. The first kappa shape index (κ1) is 18.0. The minimum Gasteiger partial charge on any atom is -0.372 e. The number of nitrogens with one attached hydrogen (secondary N) is 2. The quantitative estimate of drug-likeness (QED) is 0.638. The van der Waals surface area contributed by atoms with Gasteiger partial charge in [0.1, 0.15) is 0 Å². The van der Waals surface area contributed by atoms with Crippen LogP contribution in [0.4, 0.5) is 5.69 Å². The highest BCUT2D eigenvalue weighted by Crippen LogP contribution is 2.73. The predicted molar refractivity (Wildman–Crippen MR) is 111 cm³/mol. The highest BCUT2D eigenvalue weighted by atomic mass is 16.5. The second-order valence-corrected chi connectivity index (χ2v) is 8.72.